The molecule has 0 atom stereocenters. The van der Waals surface area contributed by atoms with Gasteiger partial charge in [0.05, 0.1) is 11.7 Å². The molecule has 1 aromatic rings. The predicted molar refractivity (Wildman–Crippen MR) is 63.8 cm³/mol. The summed E-state index contributed by atoms with van der Waals surface area (Å²) in [5, 5.41) is 2.37. The van der Waals surface area contributed by atoms with Crippen molar-refractivity contribution >= 4 is 17.4 Å². The van der Waals surface area contributed by atoms with Gasteiger partial charge in [0, 0.05) is 0 Å². The molecule has 0 unspecified atom stereocenters. The van der Waals surface area contributed by atoms with Crippen LogP contribution in [0.15, 0.2) is 29.3 Å². The van der Waals surface area contributed by atoms with Crippen LogP contribution in [0.5, 0.6) is 0 Å². The number of benzene rings is 1. The molecule has 0 aliphatic carbocycles. The minimum absolute atomic E-state index is 0.650. The van der Waals surface area contributed by atoms with Crippen LogP contribution < -0.4 is 0 Å². The molecule has 0 bridgehead atoms. The fourth-order valence-corrected chi connectivity index (χ4v) is 1.38. The summed E-state index contributed by atoms with van der Waals surface area (Å²) in [7, 11) is 0. The van der Waals surface area contributed by atoms with Crippen LogP contribution in [0.2, 0.25) is 0 Å². The van der Waals surface area contributed by atoms with Gasteiger partial charge in [0.1, 0.15) is 0 Å². The van der Waals surface area contributed by atoms with E-state index in [-0.39, 0.29) is 0 Å². The van der Waals surface area contributed by atoms with Gasteiger partial charge in [0.15, 0.2) is 0 Å². The highest BCUT2D eigenvalue weighted by atomic mass is 32.1. The van der Waals surface area contributed by atoms with Gasteiger partial charge in [-0.25, -0.2) is 4.99 Å². The van der Waals surface area contributed by atoms with E-state index in [2.05, 4.69) is 53.6 Å². The van der Waals surface area contributed by atoms with Crippen LogP contribution in [0.25, 0.3) is 0 Å². The molecule has 1 aromatic carbocycles. The number of hydrogen-bond donors (Lipinski definition) is 0. The molecule has 0 heterocycles. The van der Waals surface area contributed by atoms with E-state index in [1.165, 1.54) is 30.4 Å². The first-order chi connectivity index (χ1) is 6.86. The van der Waals surface area contributed by atoms with E-state index in [1.807, 2.05) is 0 Å². The van der Waals surface area contributed by atoms with Crippen LogP contribution in [0.3, 0.4) is 0 Å². The molecule has 0 amide bonds. The summed E-state index contributed by atoms with van der Waals surface area (Å²) in [6.45, 7) is 2.86. The molecular formula is C12H15NS. The minimum atomic E-state index is 0.650. The Kier molecular flexibility index (Phi) is 5.13. The van der Waals surface area contributed by atoms with Gasteiger partial charge >= 0.3 is 0 Å². The maximum absolute atomic E-state index is 4.52. The lowest BCUT2D eigenvalue weighted by Gasteiger charge is -2.00. The monoisotopic (exact) mass is 205 g/mol. The highest BCUT2D eigenvalue weighted by Crippen LogP contribution is 2.08. The highest BCUT2D eigenvalue weighted by molar-refractivity contribution is 7.78. The summed E-state index contributed by atoms with van der Waals surface area (Å²) in [6.07, 6.45) is 3.68. The summed E-state index contributed by atoms with van der Waals surface area (Å²) in [5.41, 5.74) is 2.60. The lowest BCUT2D eigenvalue weighted by Crippen LogP contribution is -1.86. The maximum Gasteiger partial charge on any atom is 0.0743 e. The molecule has 0 aliphatic rings. The molecule has 2 heteroatoms. The van der Waals surface area contributed by atoms with Gasteiger partial charge in [0.25, 0.3) is 0 Å². The normalized spacial score (nSPS) is 9.50. The zero-order valence-electron chi connectivity index (χ0n) is 8.49. The second kappa shape index (κ2) is 6.47. The van der Waals surface area contributed by atoms with E-state index in [4.69, 9.17) is 0 Å². The number of aliphatic imine (C=N–C) groups is 1. The zero-order valence-corrected chi connectivity index (χ0v) is 9.31. The van der Waals surface area contributed by atoms with E-state index >= 15 is 0 Å². The molecule has 0 N–H and O–H groups in total. The summed E-state index contributed by atoms with van der Waals surface area (Å²) in [6, 6.07) is 8.57. The van der Waals surface area contributed by atoms with Gasteiger partial charge in [0.2, 0.25) is 0 Å². The van der Waals surface area contributed by atoms with Crippen molar-refractivity contribution in [2.45, 2.75) is 32.7 Å². The smallest absolute Gasteiger partial charge is 0.0743 e. The molecule has 0 aliphatic heterocycles. The third-order valence-corrected chi connectivity index (χ3v) is 2.30. The largest absolute Gasteiger partial charge is 0.228 e. The Morgan fingerprint density at radius 1 is 1.21 bits per heavy atom. The van der Waals surface area contributed by atoms with Crippen molar-refractivity contribution in [3.63, 3.8) is 0 Å². The van der Waals surface area contributed by atoms with Crippen molar-refractivity contribution in [2.24, 2.45) is 4.99 Å². The van der Waals surface area contributed by atoms with Crippen molar-refractivity contribution < 1.29 is 0 Å². The molecule has 0 saturated heterocycles. The fraction of sp³-hybridized carbons (Fsp3) is 0.417. The molecule has 0 fully saturated rings. The molecule has 1 nitrogen and oxygen atoms in total. The Hall–Kier alpha value is -0.980. The first kappa shape index (κ1) is 11.1. The Balaban J connectivity index is 2.54. The average molecular weight is 205 g/mol. The molecule has 0 saturated carbocycles. The Labute approximate surface area is 90.9 Å². The molecule has 0 aromatic heterocycles. The average Bonchev–Trinajstić information content (AvgIpc) is 2.25. The Morgan fingerprint density at radius 2 is 1.86 bits per heavy atom. The molecule has 1 rings (SSSR count). The third kappa shape index (κ3) is 3.82. The summed E-state index contributed by atoms with van der Waals surface area (Å²) < 4.78 is 0. The predicted octanol–water partition coefficient (Wildman–Crippen LogP) is 3.63. The van der Waals surface area contributed by atoms with Gasteiger partial charge in [-0.3, -0.25) is 0 Å². The van der Waals surface area contributed by atoms with E-state index in [9.17, 15) is 0 Å². The Morgan fingerprint density at radius 3 is 2.43 bits per heavy atom. The van der Waals surface area contributed by atoms with Crippen molar-refractivity contribution in [2.75, 3.05) is 0 Å². The molecular weight excluding hydrogens is 190 g/mol. The molecule has 74 valence electrons. The van der Waals surface area contributed by atoms with Gasteiger partial charge in [-0.05, 0) is 36.2 Å². The molecule has 14 heavy (non-hydrogen) atoms. The van der Waals surface area contributed by atoms with Crippen LogP contribution in [0, 0.1) is 0 Å². The second-order valence-corrected chi connectivity index (χ2v) is 3.51. The maximum atomic E-state index is 4.52. The summed E-state index contributed by atoms with van der Waals surface area (Å²) in [4.78, 5) is 3.90. The number of hydrogen-bond acceptors (Lipinski definition) is 2. The zero-order chi connectivity index (χ0) is 10.2. The second-order valence-electron chi connectivity index (χ2n) is 3.33. The topological polar surface area (TPSA) is 12.4 Å². The number of rotatable bonds is 5. The number of aryl methyl sites for hydroxylation is 1. The first-order valence-electron chi connectivity index (χ1n) is 4.98. The quantitative estimate of drug-likeness (QED) is 0.528. The van der Waals surface area contributed by atoms with Gasteiger partial charge in [-0.2, -0.15) is 0 Å². The minimum Gasteiger partial charge on any atom is -0.228 e. The van der Waals surface area contributed by atoms with Crippen molar-refractivity contribution in [1.29, 1.82) is 0 Å². The number of thiocarbonyl (C=S) groups is 1. The van der Waals surface area contributed by atoms with Crippen LogP contribution in [0.1, 0.15) is 30.9 Å². The fourth-order valence-electron chi connectivity index (χ4n) is 1.32. The first-order valence-corrected chi connectivity index (χ1v) is 5.39. The van der Waals surface area contributed by atoms with E-state index < -0.39 is 0 Å². The molecule has 0 spiro atoms. The van der Waals surface area contributed by atoms with Crippen LogP contribution in [-0.2, 0) is 13.0 Å². The van der Waals surface area contributed by atoms with Crippen molar-refractivity contribution in [1.82, 2.24) is 0 Å². The third-order valence-electron chi connectivity index (χ3n) is 2.17. The van der Waals surface area contributed by atoms with Gasteiger partial charge < -0.3 is 0 Å². The lowest BCUT2D eigenvalue weighted by atomic mass is 10.1. The van der Waals surface area contributed by atoms with E-state index in [0.29, 0.717) is 6.54 Å². The molecule has 0 radical (unpaired) electrons. The number of unbranched alkanes of at least 4 members (excludes halogenated alkanes) is 1. The number of nitrogens with zero attached hydrogens (tertiary/aromatic N) is 1. The highest BCUT2D eigenvalue weighted by Gasteiger charge is 1.93. The van der Waals surface area contributed by atoms with Gasteiger partial charge in [-0.1, -0.05) is 37.6 Å². The Bertz CT molecular complexity index is 310. The van der Waals surface area contributed by atoms with Gasteiger partial charge in [-0.15, -0.1) is 0 Å². The SMILES string of the molecule is CCCCc1ccc(CN=C=S)cc1. The van der Waals surface area contributed by atoms with Crippen molar-refractivity contribution in [3.05, 3.63) is 35.4 Å². The van der Waals surface area contributed by atoms with E-state index in [1.54, 1.807) is 0 Å². The lowest BCUT2D eigenvalue weighted by molar-refractivity contribution is 0.794. The summed E-state index contributed by atoms with van der Waals surface area (Å²) in [5.74, 6) is 0. The van der Waals surface area contributed by atoms with Crippen LogP contribution in [-0.4, -0.2) is 5.16 Å². The van der Waals surface area contributed by atoms with E-state index in [0.717, 1.165) is 0 Å². The standard InChI is InChI=1S/C12H15NS/c1-2-3-4-11-5-7-12(8-6-11)9-13-10-14/h5-8H,2-4,9H2,1H3. The van der Waals surface area contributed by atoms with Crippen LogP contribution in [0.4, 0.5) is 0 Å². The van der Waals surface area contributed by atoms with Crippen molar-refractivity contribution in [3.8, 4) is 0 Å². The van der Waals surface area contributed by atoms with Crippen LogP contribution >= 0.6 is 12.2 Å². The number of isothiocyanates is 1. The summed E-state index contributed by atoms with van der Waals surface area (Å²) >= 11 is 4.52.